The fourth-order valence-corrected chi connectivity index (χ4v) is 5.19. The number of hydrogen-bond donors (Lipinski definition) is 2. The molecule has 14 heteroatoms. The average Bonchev–Trinajstić information content (AvgIpc) is 2.47. The second kappa shape index (κ2) is 6.47. The maximum atomic E-state index is 14.1. The van der Waals surface area contributed by atoms with Gasteiger partial charge in [-0.3, -0.25) is 9.11 Å². The zero-order valence-corrected chi connectivity index (χ0v) is 14.1. The molecule has 2 aromatic rings. The van der Waals surface area contributed by atoms with E-state index >= 15 is 0 Å². The van der Waals surface area contributed by atoms with Crippen LogP contribution in [0.3, 0.4) is 0 Å². The maximum Gasteiger partial charge on any atom is 0.296 e. The van der Waals surface area contributed by atoms with Crippen LogP contribution in [0.25, 0.3) is 0 Å². The first-order valence-corrected chi connectivity index (χ1v) is 9.26. The van der Waals surface area contributed by atoms with Gasteiger partial charge in [-0.05, 0) is 12.1 Å². The van der Waals surface area contributed by atoms with E-state index in [1.54, 1.807) is 0 Å². The van der Waals surface area contributed by atoms with Crippen molar-refractivity contribution in [3.8, 4) is 0 Å². The predicted octanol–water partition coefficient (Wildman–Crippen LogP) is 2.50. The lowest BCUT2D eigenvalue weighted by molar-refractivity contribution is 0.422. The molecule has 27 heavy (non-hydrogen) atoms. The van der Waals surface area contributed by atoms with Gasteiger partial charge in [0.2, 0.25) is 0 Å². The Morgan fingerprint density at radius 1 is 0.556 bits per heavy atom. The van der Waals surface area contributed by atoms with Gasteiger partial charge in [0.05, 0.1) is 0 Å². The van der Waals surface area contributed by atoms with Gasteiger partial charge in [-0.2, -0.15) is 16.8 Å². The third kappa shape index (κ3) is 3.18. The van der Waals surface area contributed by atoms with Crippen molar-refractivity contribution in [3.63, 3.8) is 0 Å². The van der Waals surface area contributed by atoms with Crippen LogP contribution in [0.15, 0.2) is 24.3 Å². The van der Waals surface area contributed by atoms with Crippen LogP contribution in [-0.2, 0) is 24.3 Å². The monoisotopic (exact) mass is 436 g/mol. The Morgan fingerprint density at radius 3 is 1.07 bits per heavy atom. The minimum absolute atomic E-state index is 0.367. The molecule has 0 atom stereocenters. The molecule has 0 aromatic heterocycles. The normalized spacial score (nSPS) is 13.0. The van der Waals surface area contributed by atoms with Crippen molar-refractivity contribution in [3.05, 3.63) is 70.3 Å². The van der Waals surface area contributed by atoms with E-state index in [0.29, 0.717) is 0 Å². The minimum Gasteiger partial charge on any atom is -0.284 e. The summed E-state index contributed by atoms with van der Waals surface area (Å²) in [6, 6.07) is -1.55. The van der Waals surface area contributed by atoms with Crippen molar-refractivity contribution < 1.29 is 52.3 Å². The summed E-state index contributed by atoms with van der Waals surface area (Å²) >= 11 is 0. The zero-order valence-electron chi connectivity index (χ0n) is 12.4. The molecule has 2 N–H and O–H groups in total. The highest BCUT2D eigenvalue weighted by Crippen LogP contribution is 2.45. The van der Waals surface area contributed by atoms with Crippen molar-refractivity contribution in [1.29, 1.82) is 0 Å². The smallest absolute Gasteiger partial charge is 0.284 e. The number of hydrogen-bond acceptors (Lipinski definition) is 4. The van der Waals surface area contributed by atoms with Crippen LogP contribution in [0.4, 0.5) is 26.3 Å². The van der Waals surface area contributed by atoms with E-state index in [1.807, 2.05) is 0 Å². The van der Waals surface area contributed by atoms with E-state index in [4.69, 9.17) is 0 Å². The van der Waals surface area contributed by atoms with Gasteiger partial charge >= 0.3 is 0 Å². The van der Waals surface area contributed by atoms with E-state index in [2.05, 4.69) is 0 Å². The highest BCUT2D eigenvalue weighted by Gasteiger charge is 2.61. The maximum absolute atomic E-state index is 14.1. The van der Waals surface area contributed by atoms with Crippen LogP contribution in [-0.4, -0.2) is 25.9 Å². The summed E-state index contributed by atoms with van der Waals surface area (Å²) in [5.74, 6) is -12.4. The van der Waals surface area contributed by atoms with Gasteiger partial charge in [-0.15, -0.1) is 0 Å². The molecule has 2 rings (SSSR count). The highest BCUT2D eigenvalue weighted by atomic mass is 32.3. The molecule has 2 aromatic carbocycles. The molecule has 0 saturated heterocycles. The first-order valence-electron chi connectivity index (χ1n) is 6.38. The van der Waals surface area contributed by atoms with Crippen LogP contribution in [0, 0.1) is 34.9 Å². The Hall–Kier alpha value is -2.16. The number of halogens is 6. The molecule has 0 radical (unpaired) electrons. The van der Waals surface area contributed by atoms with Crippen LogP contribution >= 0.6 is 0 Å². The number of rotatable bonds is 4. The summed E-state index contributed by atoms with van der Waals surface area (Å²) < 4.78 is 143. The Bertz CT molecular complexity index is 1050. The molecule has 0 aliphatic carbocycles. The van der Waals surface area contributed by atoms with E-state index in [9.17, 15) is 52.3 Å². The van der Waals surface area contributed by atoms with Gasteiger partial charge in [0.1, 0.15) is 11.6 Å². The van der Waals surface area contributed by atoms with Crippen LogP contribution in [0.2, 0.25) is 0 Å². The molecular formula is C13H6F6O6S2. The SMILES string of the molecule is O=S(=O)(O)C(c1cc(F)c(F)cc1F)(c1cc(F)c(F)cc1F)S(=O)(=O)O. The molecule has 0 aliphatic rings. The lowest BCUT2D eigenvalue weighted by Gasteiger charge is -2.29. The van der Waals surface area contributed by atoms with Gasteiger partial charge in [0.15, 0.2) is 23.3 Å². The van der Waals surface area contributed by atoms with Crippen LogP contribution < -0.4 is 0 Å². The molecule has 0 aliphatic heterocycles. The molecular weight excluding hydrogens is 430 g/mol. The quantitative estimate of drug-likeness (QED) is 0.433. The summed E-state index contributed by atoms with van der Waals surface area (Å²) in [7, 11) is -12.8. The summed E-state index contributed by atoms with van der Waals surface area (Å²) in [6.45, 7) is 0. The minimum atomic E-state index is -6.39. The second-order valence-corrected chi connectivity index (χ2v) is 8.44. The molecule has 0 saturated carbocycles. The molecule has 0 fully saturated rings. The van der Waals surface area contributed by atoms with Crippen molar-refractivity contribution in [1.82, 2.24) is 0 Å². The molecule has 0 bridgehead atoms. The Kier molecular flexibility index (Phi) is 5.07. The summed E-state index contributed by atoms with van der Waals surface area (Å²) in [4.78, 5) is 0. The van der Waals surface area contributed by atoms with Gasteiger partial charge in [-0.1, -0.05) is 0 Å². The van der Waals surface area contributed by atoms with Gasteiger partial charge in [0, 0.05) is 23.3 Å². The molecule has 0 amide bonds. The first kappa shape index (κ1) is 21.1. The van der Waals surface area contributed by atoms with E-state index in [-0.39, 0.29) is 12.1 Å². The van der Waals surface area contributed by atoms with Crippen molar-refractivity contribution >= 4 is 20.2 Å². The summed E-state index contributed by atoms with van der Waals surface area (Å²) in [5.41, 5.74) is -4.01. The lowest BCUT2D eigenvalue weighted by atomic mass is 10.0. The average molecular weight is 436 g/mol. The van der Waals surface area contributed by atoms with Crippen LogP contribution in [0.5, 0.6) is 0 Å². The third-order valence-corrected chi connectivity index (χ3v) is 7.05. The molecule has 0 spiro atoms. The van der Waals surface area contributed by atoms with Crippen molar-refractivity contribution in [2.45, 2.75) is 4.08 Å². The highest BCUT2D eigenvalue weighted by molar-refractivity contribution is 8.04. The third-order valence-electron chi connectivity index (χ3n) is 3.46. The van der Waals surface area contributed by atoms with Crippen molar-refractivity contribution in [2.24, 2.45) is 0 Å². The Labute approximate surface area is 147 Å². The van der Waals surface area contributed by atoms with Gasteiger partial charge in [-0.25, -0.2) is 26.3 Å². The molecule has 0 unspecified atom stereocenters. The summed E-state index contributed by atoms with van der Waals surface area (Å²) in [6.07, 6.45) is 0. The van der Waals surface area contributed by atoms with Gasteiger partial charge in [0.25, 0.3) is 24.3 Å². The lowest BCUT2D eigenvalue weighted by Crippen LogP contribution is -2.46. The van der Waals surface area contributed by atoms with E-state index < -0.39 is 82.5 Å². The Balaban J connectivity index is 3.23. The summed E-state index contributed by atoms with van der Waals surface area (Å²) in [5, 5.41) is 0. The fourth-order valence-electron chi connectivity index (χ4n) is 2.38. The van der Waals surface area contributed by atoms with Crippen molar-refractivity contribution in [2.75, 3.05) is 0 Å². The van der Waals surface area contributed by atoms with Crippen LogP contribution in [0.1, 0.15) is 11.1 Å². The van der Waals surface area contributed by atoms with E-state index in [0.717, 1.165) is 0 Å². The molecule has 0 heterocycles. The fraction of sp³-hybridized carbons (Fsp3) is 0.0769. The standard InChI is InChI=1S/C13H6F6O6S2/c14-7-3-11(18)9(16)1-5(7)13(26(20,21)22,27(23,24)25)6-2-10(17)12(19)4-8(6)15/h1-4H,(H,20,21,22)(H,23,24,25). The second-order valence-electron chi connectivity index (χ2n) is 5.06. The predicted molar refractivity (Wildman–Crippen MR) is 76.5 cm³/mol. The number of benzene rings is 2. The Morgan fingerprint density at radius 2 is 0.815 bits per heavy atom. The van der Waals surface area contributed by atoms with Gasteiger partial charge < -0.3 is 0 Å². The first-order chi connectivity index (χ1) is 12.1. The topological polar surface area (TPSA) is 109 Å². The molecule has 148 valence electrons. The molecule has 6 nitrogen and oxygen atoms in total. The zero-order chi connectivity index (χ0) is 20.9. The van der Waals surface area contributed by atoms with E-state index in [1.165, 1.54) is 0 Å². The largest absolute Gasteiger partial charge is 0.296 e.